The summed E-state index contributed by atoms with van der Waals surface area (Å²) in [5.74, 6) is -0.0532. The average molecular weight is 412 g/mol. The molecule has 2 aromatic carbocycles. The molecule has 1 saturated heterocycles. The van der Waals surface area contributed by atoms with Crippen molar-refractivity contribution < 1.29 is 4.79 Å². The van der Waals surface area contributed by atoms with Gasteiger partial charge in [0.1, 0.15) is 5.65 Å². The van der Waals surface area contributed by atoms with E-state index in [1.54, 1.807) is 24.4 Å². The molecule has 5 rings (SSSR count). The highest BCUT2D eigenvalue weighted by atomic mass is 16.2. The number of piperazine rings is 1. The molecule has 0 bridgehead atoms. The molecule has 1 aliphatic heterocycles. The highest BCUT2D eigenvalue weighted by Crippen LogP contribution is 2.24. The van der Waals surface area contributed by atoms with Crippen molar-refractivity contribution in [3.05, 3.63) is 87.8 Å². The van der Waals surface area contributed by atoms with Crippen LogP contribution >= 0.6 is 0 Å². The number of fused-ring (bicyclic) bond motifs is 2. The lowest BCUT2D eigenvalue weighted by atomic mass is 10.1. The predicted octanol–water partition coefficient (Wildman–Crippen LogP) is 3.43. The van der Waals surface area contributed by atoms with Gasteiger partial charge in [-0.3, -0.25) is 14.0 Å². The number of hydrogen-bond acceptors (Lipinski definition) is 4. The van der Waals surface area contributed by atoms with Crippen LogP contribution in [0.2, 0.25) is 0 Å². The van der Waals surface area contributed by atoms with E-state index >= 15 is 0 Å². The number of anilines is 1. The van der Waals surface area contributed by atoms with Crippen LogP contribution in [0.1, 0.15) is 21.5 Å². The van der Waals surface area contributed by atoms with Gasteiger partial charge in [0.2, 0.25) is 0 Å². The normalized spacial score (nSPS) is 14.4. The van der Waals surface area contributed by atoms with Crippen molar-refractivity contribution in [2.24, 2.45) is 0 Å². The number of carbonyl (C=O) groups is 1. The van der Waals surface area contributed by atoms with Crippen molar-refractivity contribution in [3.8, 4) is 0 Å². The van der Waals surface area contributed by atoms with E-state index in [1.807, 2.05) is 23.1 Å². The average Bonchev–Trinajstić information content (AvgIpc) is 2.81. The van der Waals surface area contributed by atoms with E-state index in [1.165, 1.54) is 21.2 Å². The lowest BCUT2D eigenvalue weighted by Crippen LogP contribution is -2.49. The Morgan fingerprint density at radius 1 is 0.903 bits per heavy atom. The maximum absolute atomic E-state index is 13.2. The Kier molecular flexibility index (Phi) is 4.70. The minimum atomic E-state index is -0.157. The van der Waals surface area contributed by atoms with Crippen LogP contribution < -0.4 is 10.5 Å². The monoisotopic (exact) mass is 412 g/mol. The molecule has 0 saturated carbocycles. The van der Waals surface area contributed by atoms with Crippen LogP contribution in [0.4, 0.5) is 5.69 Å². The van der Waals surface area contributed by atoms with Gasteiger partial charge in [-0.05, 0) is 55.3 Å². The highest BCUT2D eigenvalue weighted by molar-refractivity contribution is 5.94. The Morgan fingerprint density at radius 2 is 1.68 bits per heavy atom. The van der Waals surface area contributed by atoms with Gasteiger partial charge in [0, 0.05) is 38.1 Å². The van der Waals surface area contributed by atoms with Crippen LogP contribution in [0.25, 0.3) is 16.6 Å². The molecule has 1 fully saturated rings. The van der Waals surface area contributed by atoms with Crippen LogP contribution in [0, 0.1) is 13.8 Å². The Labute approximate surface area is 180 Å². The van der Waals surface area contributed by atoms with Crippen molar-refractivity contribution >= 4 is 28.1 Å². The second-order valence-corrected chi connectivity index (χ2v) is 8.08. The van der Waals surface area contributed by atoms with Crippen molar-refractivity contribution in [1.82, 2.24) is 14.3 Å². The first-order valence-electron chi connectivity index (χ1n) is 10.5. The summed E-state index contributed by atoms with van der Waals surface area (Å²) >= 11 is 0. The number of hydrogen-bond donors (Lipinski definition) is 0. The molecule has 1 amide bonds. The van der Waals surface area contributed by atoms with E-state index in [0.717, 1.165) is 13.1 Å². The minimum Gasteiger partial charge on any atom is -0.368 e. The number of carbonyl (C=O) groups excluding carboxylic acids is 1. The number of rotatable bonds is 2. The van der Waals surface area contributed by atoms with E-state index in [9.17, 15) is 9.59 Å². The van der Waals surface area contributed by atoms with E-state index in [4.69, 9.17) is 0 Å². The van der Waals surface area contributed by atoms with Crippen LogP contribution in [-0.2, 0) is 0 Å². The molecule has 156 valence electrons. The molecule has 31 heavy (non-hydrogen) atoms. The number of aryl methyl sites for hydroxylation is 1. The maximum Gasteiger partial charge on any atom is 0.265 e. The van der Waals surface area contributed by atoms with Gasteiger partial charge < -0.3 is 9.80 Å². The third kappa shape index (κ3) is 3.34. The second-order valence-electron chi connectivity index (χ2n) is 8.08. The van der Waals surface area contributed by atoms with Crippen molar-refractivity contribution in [2.45, 2.75) is 13.8 Å². The molecule has 6 heteroatoms. The zero-order valence-corrected chi connectivity index (χ0v) is 17.7. The van der Waals surface area contributed by atoms with E-state index in [-0.39, 0.29) is 11.5 Å². The summed E-state index contributed by atoms with van der Waals surface area (Å²) in [6.45, 7) is 7.14. The molecular formula is C25H24N4O2. The first-order valence-corrected chi connectivity index (χ1v) is 10.5. The number of benzene rings is 2. The Morgan fingerprint density at radius 3 is 2.48 bits per heavy atom. The Bertz CT molecular complexity index is 1370. The van der Waals surface area contributed by atoms with Crippen molar-refractivity contribution in [2.75, 3.05) is 31.1 Å². The quantitative estimate of drug-likeness (QED) is 0.474. The fourth-order valence-electron chi connectivity index (χ4n) is 4.29. The van der Waals surface area contributed by atoms with Gasteiger partial charge in [-0.1, -0.05) is 24.3 Å². The second kappa shape index (κ2) is 7.54. The lowest BCUT2D eigenvalue weighted by Gasteiger charge is -2.37. The SMILES string of the molecule is Cc1cccc(N2CCN(C(=O)c3ccc4nc5ccccc5c(=O)n4c3)CC2)c1C. The minimum absolute atomic E-state index is 0.0532. The first-order chi connectivity index (χ1) is 15.0. The fraction of sp³-hybridized carbons (Fsp3) is 0.240. The van der Waals surface area contributed by atoms with Gasteiger partial charge in [-0.2, -0.15) is 0 Å². The number of nitrogens with zero attached hydrogens (tertiary/aromatic N) is 4. The largest absolute Gasteiger partial charge is 0.368 e. The molecule has 3 heterocycles. The maximum atomic E-state index is 13.2. The lowest BCUT2D eigenvalue weighted by molar-refractivity contribution is 0.0746. The van der Waals surface area contributed by atoms with E-state index in [2.05, 4.69) is 41.9 Å². The summed E-state index contributed by atoms with van der Waals surface area (Å²) in [4.78, 5) is 34.8. The first kappa shape index (κ1) is 19.3. The number of para-hydroxylation sites is 1. The van der Waals surface area contributed by atoms with Gasteiger partial charge >= 0.3 is 0 Å². The third-order valence-corrected chi connectivity index (χ3v) is 6.25. The fourth-order valence-corrected chi connectivity index (χ4v) is 4.29. The van der Waals surface area contributed by atoms with Crippen LogP contribution in [0.3, 0.4) is 0 Å². The summed E-state index contributed by atoms with van der Waals surface area (Å²) in [5.41, 5.74) is 5.35. The topological polar surface area (TPSA) is 57.9 Å². The Hall–Kier alpha value is -3.67. The van der Waals surface area contributed by atoms with Crippen LogP contribution in [0.5, 0.6) is 0 Å². The van der Waals surface area contributed by atoms with Gasteiger partial charge in [-0.15, -0.1) is 0 Å². The van der Waals surface area contributed by atoms with E-state index < -0.39 is 0 Å². The molecule has 0 aliphatic carbocycles. The van der Waals surface area contributed by atoms with Crippen molar-refractivity contribution in [1.29, 1.82) is 0 Å². The van der Waals surface area contributed by atoms with Gasteiger partial charge in [-0.25, -0.2) is 4.98 Å². The zero-order valence-electron chi connectivity index (χ0n) is 17.7. The summed E-state index contributed by atoms with van der Waals surface area (Å²) in [6, 6.07) is 17.1. The molecule has 2 aromatic heterocycles. The molecule has 0 radical (unpaired) electrons. The number of aromatic nitrogens is 2. The van der Waals surface area contributed by atoms with Crippen LogP contribution in [0.15, 0.2) is 65.6 Å². The molecule has 4 aromatic rings. The predicted molar refractivity (Wildman–Crippen MR) is 123 cm³/mol. The summed E-state index contributed by atoms with van der Waals surface area (Å²) in [5, 5.41) is 0.548. The van der Waals surface area contributed by atoms with Gasteiger partial charge in [0.05, 0.1) is 16.5 Å². The van der Waals surface area contributed by atoms with Crippen molar-refractivity contribution in [3.63, 3.8) is 0 Å². The molecular weight excluding hydrogens is 388 g/mol. The summed E-state index contributed by atoms with van der Waals surface area (Å²) < 4.78 is 1.47. The van der Waals surface area contributed by atoms with E-state index in [0.29, 0.717) is 35.2 Å². The standard InChI is InChI=1S/C25H24N4O2/c1-17-6-5-9-22(18(17)2)27-12-14-28(15-13-27)24(30)19-10-11-23-26-21-8-4-3-7-20(21)25(31)29(23)16-19/h3-11,16H,12-15H2,1-2H3. The van der Waals surface area contributed by atoms with Gasteiger partial charge in [0.25, 0.3) is 11.5 Å². The van der Waals surface area contributed by atoms with Gasteiger partial charge in [0.15, 0.2) is 0 Å². The molecule has 0 unspecified atom stereocenters. The Balaban J connectivity index is 1.39. The molecule has 6 nitrogen and oxygen atoms in total. The zero-order chi connectivity index (χ0) is 21.5. The third-order valence-electron chi connectivity index (χ3n) is 6.25. The number of pyridine rings is 1. The van der Waals surface area contributed by atoms with Crippen LogP contribution in [-0.4, -0.2) is 46.4 Å². The molecule has 0 atom stereocenters. The highest BCUT2D eigenvalue weighted by Gasteiger charge is 2.23. The summed E-state index contributed by atoms with van der Waals surface area (Å²) in [6.07, 6.45) is 1.62. The molecule has 0 spiro atoms. The molecule has 0 N–H and O–H groups in total. The summed E-state index contributed by atoms with van der Waals surface area (Å²) in [7, 11) is 0. The smallest absolute Gasteiger partial charge is 0.265 e. The number of amides is 1. The molecule has 1 aliphatic rings.